The molecule has 0 spiro atoms. The summed E-state index contributed by atoms with van der Waals surface area (Å²) in [5.74, 6) is 0. The van der Waals surface area contributed by atoms with Crippen molar-refractivity contribution in [2.45, 2.75) is 19.5 Å². The van der Waals surface area contributed by atoms with Crippen molar-refractivity contribution in [2.75, 3.05) is 0 Å². The fraction of sp³-hybridized carbons (Fsp3) is 0.333. The quantitative estimate of drug-likeness (QED) is 0.691. The lowest BCUT2D eigenvalue weighted by molar-refractivity contribution is -0.141. The van der Waals surface area contributed by atoms with E-state index in [0.29, 0.717) is 18.3 Å². The third kappa shape index (κ3) is 2.31. The summed E-state index contributed by atoms with van der Waals surface area (Å²) in [6.45, 7) is 1.71. The zero-order chi connectivity index (χ0) is 10.8. The number of rotatable bonds is 2. The molecule has 0 aliphatic rings. The molecule has 1 aromatic heterocycles. The minimum atomic E-state index is -4.50. The number of carbonyl (C=O) groups excluding carboxylic acids is 1. The molecule has 0 aliphatic carbocycles. The van der Waals surface area contributed by atoms with Crippen molar-refractivity contribution in [1.29, 1.82) is 0 Å². The lowest BCUT2D eigenvalue weighted by Gasteiger charge is -2.07. The number of pyridine rings is 1. The van der Waals surface area contributed by atoms with Crippen molar-refractivity contribution >= 4 is 6.29 Å². The number of alkyl halides is 3. The van der Waals surface area contributed by atoms with E-state index in [1.165, 1.54) is 6.07 Å². The standard InChI is InChI=1S/C9H8F3NO/c1-2-6-3-7(5-14)13-8(4-6)9(10,11)12/h3-5H,2H2,1H3. The van der Waals surface area contributed by atoms with Gasteiger partial charge in [-0.15, -0.1) is 0 Å². The first-order valence-corrected chi connectivity index (χ1v) is 4.00. The summed E-state index contributed by atoms with van der Waals surface area (Å²) < 4.78 is 36.7. The van der Waals surface area contributed by atoms with Crippen LogP contribution in [-0.4, -0.2) is 11.3 Å². The van der Waals surface area contributed by atoms with Crippen molar-refractivity contribution in [3.05, 3.63) is 29.1 Å². The van der Waals surface area contributed by atoms with E-state index in [-0.39, 0.29) is 5.69 Å². The van der Waals surface area contributed by atoms with Crippen LogP contribution in [0.25, 0.3) is 0 Å². The number of nitrogens with zero attached hydrogens (tertiary/aromatic N) is 1. The summed E-state index contributed by atoms with van der Waals surface area (Å²) in [6, 6.07) is 2.30. The molecule has 5 heteroatoms. The lowest BCUT2D eigenvalue weighted by atomic mass is 10.1. The molecule has 0 saturated heterocycles. The van der Waals surface area contributed by atoms with Crippen molar-refractivity contribution in [3.63, 3.8) is 0 Å². The van der Waals surface area contributed by atoms with E-state index >= 15 is 0 Å². The summed E-state index contributed by atoms with van der Waals surface area (Å²) in [4.78, 5) is 13.5. The highest BCUT2D eigenvalue weighted by molar-refractivity contribution is 5.72. The fourth-order valence-electron chi connectivity index (χ4n) is 1.02. The predicted molar refractivity (Wildman–Crippen MR) is 44.0 cm³/mol. The Hall–Kier alpha value is -1.39. The molecule has 1 heterocycles. The maximum Gasteiger partial charge on any atom is 0.433 e. The molecule has 76 valence electrons. The minimum absolute atomic E-state index is 0.184. The third-order valence-corrected chi connectivity index (χ3v) is 1.72. The van der Waals surface area contributed by atoms with Gasteiger partial charge in [-0.2, -0.15) is 13.2 Å². The van der Waals surface area contributed by atoms with Crippen LogP contribution in [0.15, 0.2) is 12.1 Å². The van der Waals surface area contributed by atoms with E-state index < -0.39 is 11.9 Å². The Morgan fingerprint density at radius 2 is 2.07 bits per heavy atom. The highest BCUT2D eigenvalue weighted by atomic mass is 19.4. The first kappa shape index (κ1) is 10.7. The van der Waals surface area contributed by atoms with Gasteiger partial charge in [0, 0.05) is 0 Å². The monoisotopic (exact) mass is 203 g/mol. The summed E-state index contributed by atoms with van der Waals surface area (Å²) in [6.07, 6.45) is -3.75. The van der Waals surface area contributed by atoms with E-state index in [4.69, 9.17) is 0 Å². The molecule has 0 N–H and O–H groups in total. The van der Waals surface area contributed by atoms with Gasteiger partial charge in [-0.1, -0.05) is 6.92 Å². The van der Waals surface area contributed by atoms with Gasteiger partial charge in [0.25, 0.3) is 0 Å². The van der Waals surface area contributed by atoms with Crippen molar-refractivity contribution in [3.8, 4) is 0 Å². The van der Waals surface area contributed by atoms with Crippen LogP contribution in [0.4, 0.5) is 13.2 Å². The van der Waals surface area contributed by atoms with Crippen LogP contribution in [0.2, 0.25) is 0 Å². The predicted octanol–water partition coefficient (Wildman–Crippen LogP) is 2.48. The lowest BCUT2D eigenvalue weighted by Crippen LogP contribution is -2.10. The van der Waals surface area contributed by atoms with E-state index in [1.807, 2.05) is 0 Å². The third-order valence-electron chi connectivity index (χ3n) is 1.72. The van der Waals surface area contributed by atoms with Crippen LogP contribution >= 0.6 is 0 Å². The second kappa shape index (κ2) is 3.77. The molecule has 2 nitrogen and oxygen atoms in total. The first-order chi connectivity index (χ1) is 6.47. The second-order valence-electron chi connectivity index (χ2n) is 2.75. The first-order valence-electron chi connectivity index (χ1n) is 4.00. The van der Waals surface area contributed by atoms with E-state index in [2.05, 4.69) is 4.98 Å². The normalized spacial score (nSPS) is 11.4. The molecule has 1 aromatic rings. The molecule has 0 fully saturated rings. The van der Waals surface area contributed by atoms with Gasteiger partial charge < -0.3 is 0 Å². The SMILES string of the molecule is CCc1cc(C=O)nc(C(F)(F)F)c1. The second-order valence-corrected chi connectivity index (χ2v) is 2.75. The van der Waals surface area contributed by atoms with Crippen molar-refractivity contribution < 1.29 is 18.0 Å². The summed E-state index contributed by atoms with van der Waals surface area (Å²) in [5, 5.41) is 0. The van der Waals surface area contributed by atoms with Crippen LogP contribution in [0.1, 0.15) is 28.7 Å². The maximum atomic E-state index is 12.2. The fourth-order valence-corrected chi connectivity index (χ4v) is 1.02. The zero-order valence-electron chi connectivity index (χ0n) is 7.43. The molecule has 0 bridgehead atoms. The average Bonchev–Trinajstić information content (AvgIpc) is 2.15. The topological polar surface area (TPSA) is 30.0 Å². The molecule has 1 rings (SSSR count). The van der Waals surface area contributed by atoms with Crippen LogP contribution in [0.5, 0.6) is 0 Å². The van der Waals surface area contributed by atoms with Gasteiger partial charge in [0.2, 0.25) is 0 Å². The number of carbonyl (C=O) groups is 1. The highest BCUT2D eigenvalue weighted by Crippen LogP contribution is 2.28. The smallest absolute Gasteiger partial charge is 0.296 e. The largest absolute Gasteiger partial charge is 0.433 e. The van der Waals surface area contributed by atoms with E-state index in [0.717, 1.165) is 6.07 Å². The zero-order valence-corrected chi connectivity index (χ0v) is 7.43. The molecule has 0 aliphatic heterocycles. The number of aldehydes is 1. The van der Waals surface area contributed by atoms with Gasteiger partial charge in [0.15, 0.2) is 6.29 Å². The van der Waals surface area contributed by atoms with Gasteiger partial charge in [0.1, 0.15) is 11.4 Å². The summed E-state index contributed by atoms with van der Waals surface area (Å²) >= 11 is 0. The van der Waals surface area contributed by atoms with Gasteiger partial charge >= 0.3 is 6.18 Å². The Bertz CT molecular complexity index is 346. The molecule has 14 heavy (non-hydrogen) atoms. The molecule has 0 aromatic carbocycles. The van der Waals surface area contributed by atoms with Crippen LogP contribution in [-0.2, 0) is 12.6 Å². The number of halogens is 3. The van der Waals surface area contributed by atoms with Crippen molar-refractivity contribution in [2.24, 2.45) is 0 Å². The highest BCUT2D eigenvalue weighted by Gasteiger charge is 2.32. The molecule has 0 unspecified atom stereocenters. The number of hydrogen-bond acceptors (Lipinski definition) is 2. The van der Waals surface area contributed by atoms with Crippen LogP contribution in [0.3, 0.4) is 0 Å². The Morgan fingerprint density at radius 1 is 1.43 bits per heavy atom. The van der Waals surface area contributed by atoms with Crippen LogP contribution < -0.4 is 0 Å². The van der Waals surface area contributed by atoms with E-state index in [9.17, 15) is 18.0 Å². The van der Waals surface area contributed by atoms with Crippen molar-refractivity contribution in [1.82, 2.24) is 4.98 Å². The Morgan fingerprint density at radius 3 is 2.50 bits per heavy atom. The van der Waals surface area contributed by atoms with Crippen LogP contribution in [0, 0.1) is 0 Å². The van der Waals surface area contributed by atoms with E-state index in [1.54, 1.807) is 6.92 Å². The van der Waals surface area contributed by atoms with Gasteiger partial charge in [-0.3, -0.25) is 4.79 Å². The Balaban J connectivity index is 3.24. The molecular weight excluding hydrogens is 195 g/mol. The number of aryl methyl sites for hydroxylation is 1. The Kier molecular flexibility index (Phi) is 2.88. The Labute approximate surface area is 78.8 Å². The van der Waals surface area contributed by atoms with Gasteiger partial charge in [0.05, 0.1) is 0 Å². The molecule has 0 amide bonds. The van der Waals surface area contributed by atoms with Gasteiger partial charge in [-0.05, 0) is 24.1 Å². The molecule has 0 radical (unpaired) electrons. The number of hydrogen-bond donors (Lipinski definition) is 0. The maximum absolute atomic E-state index is 12.2. The summed E-state index contributed by atoms with van der Waals surface area (Å²) in [5.41, 5.74) is -0.745. The molecule has 0 saturated carbocycles. The molecular formula is C9H8F3NO. The number of aromatic nitrogens is 1. The molecule has 0 atom stereocenters. The minimum Gasteiger partial charge on any atom is -0.296 e. The summed E-state index contributed by atoms with van der Waals surface area (Å²) in [7, 11) is 0. The average molecular weight is 203 g/mol. The van der Waals surface area contributed by atoms with Gasteiger partial charge in [-0.25, -0.2) is 4.98 Å².